The molecule has 196 valence electrons. The Morgan fingerprint density at radius 2 is 1.49 bits per heavy atom. The minimum atomic E-state index is -4.23. The van der Waals surface area contributed by atoms with E-state index in [1.54, 1.807) is 31.2 Å². The van der Waals surface area contributed by atoms with Crippen molar-refractivity contribution in [1.82, 2.24) is 10.2 Å². The molecule has 0 radical (unpaired) electrons. The number of halogens is 1. The maximum absolute atomic E-state index is 13.7. The van der Waals surface area contributed by atoms with Crippen LogP contribution in [-0.2, 0) is 26.2 Å². The van der Waals surface area contributed by atoms with Crippen LogP contribution in [0.4, 0.5) is 10.1 Å². The molecule has 37 heavy (non-hydrogen) atoms. The van der Waals surface area contributed by atoms with Crippen LogP contribution in [0.1, 0.15) is 31.9 Å². The highest BCUT2D eigenvalue weighted by Crippen LogP contribution is 2.25. The zero-order valence-electron chi connectivity index (χ0n) is 21.4. The first-order chi connectivity index (χ1) is 17.5. The van der Waals surface area contributed by atoms with E-state index in [2.05, 4.69) is 5.32 Å². The molecule has 3 aromatic carbocycles. The quantitative estimate of drug-likeness (QED) is 0.428. The Bertz CT molecular complexity index is 1310. The number of hydrogen-bond acceptors (Lipinski definition) is 4. The minimum Gasteiger partial charge on any atom is -0.352 e. The number of sulfonamides is 1. The topological polar surface area (TPSA) is 86.8 Å². The Balaban J connectivity index is 2.01. The number of amides is 2. The van der Waals surface area contributed by atoms with E-state index in [9.17, 15) is 22.4 Å². The van der Waals surface area contributed by atoms with E-state index in [4.69, 9.17) is 0 Å². The maximum atomic E-state index is 13.7. The fourth-order valence-electron chi connectivity index (χ4n) is 3.74. The highest BCUT2D eigenvalue weighted by Gasteiger charge is 2.32. The van der Waals surface area contributed by atoms with Gasteiger partial charge in [-0.2, -0.15) is 0 Å². The van der Waals surface area contributed by atoms with E-state index in [1.165, 1.54) is 4.90 Å². The van der Waals surface area contributed by atoms with Gasteiger partial charge in [0.1, 0.15) is 18.4 Å². The lowest BCUT2D eigenvalue weighted by atomic mass is 10.1. The number of benzene rings is 3. The molecular formula is C28H32FN3O4S. The predicted molar refractivity (Wildman–Crippen MR) is 142 cm³/mol. The monoisotopic (exact) mass is 525 g/mol. The Morgan fingerprint density at radius 3 is 2.05 bits per heavy atom. The van der Waals surface area contributed by atoms with Gasteiger partial charge in [0, 0.05) is 12.6 Å². The molecule has 0 aromatic heterocycles. The molecule has 0 saturated carbocycles. The van der Waals surface area contributed by atoms with Crippen LogP contribution < -0.4 is 9.62 Å². The summed E-state index contributed by atoms with van der Waals surface area (Å²) >= 11 is 0. The van der Waals surface area contributed by atoms with Gasteiger partial charge in [-0.3, -0.25) is 13.9 Å². The molecular weight excluding hydrogens is 493 g/mol. The normalized spacial score (nSPS) is 12.2. The zero-order valence-corrected chi connectivity index (χ0v) is 22.2. The Kier molecular flexibility index (Phi) is 9.04. The summed E-state index contributed by atoms with van der Waals surface area (Å²) in [4.78, 5) is 27.8. The second-order valence-corrected chi connectivity index (χ2v) is 11.0. The van der Waals surface area contributed by atoms with Crippen molar-refractivity contribution in [3.05, 3.63) is 95.8 Å². The number of carbonyl (C=O) groups excluding carboxylic acids is 2. The second-order valence-electron chi connectivity index (χ2n) is 9.15. The van der Waals surface area contributed by atoms with Gasteiger partial charge in [-0.25, -0.2) is 12.8 Å². The third kappa shape index (κ3) is 7.16. The van der Waals surface area contributed by atoms with Crippen LogP contribution in [0.2, 0.25) is 0 Å². The highest BCUT2D eigenvalue weighted by molar-refractivity contribution is 7.92. The lowest BCUT2D eigenvalue weighted by Gasteiger charge is -2.32. The summed E-state index contributed by atoms with van der Waals surface area (Å²) < 4.78 is 41.8. The lowest BCUT2D eigenvalue weighted by Crippen LogP contribution is -2.52. The van der Waals surface area contributed by atoms with E-state index in [0.29, 0.717) is 0 Å². The molecule has 1 atom stereocenters. The molecule has 9 heteroatoms. The summed E-state index contributed by atoms with van der Waals surface area (Å²) in [7, 11) is -4.23. The molecule has 0 aliphatic heterocycles. The highest BCUT2D eigenvalue weighted by atomic mass is 32.2. The summed E-state index contributed by atoms with van der Waals surface area (Å²) in [5, 5.41) is 2.82. The Hall–Kier alpha value is -3.72. The number of hydrogen-bond donors (Lipinski definition) is 1. The number of carbonyl (C=O) groups is 2. The largest absolute Gasteiger partial charge is 0.352 e. The van der Waals surface area contributed by atoms with Crippen molar-refractivity contribution in [2.45, 2.75) is 51.2 Å². The summed E-state index contributed by atoms with van der Waals surface area (Å²) in [6.07, 6.45) is 0. The molecule has 3 rings (SSSR count). The van der Waals surface area contributed by atoms with E-state index in [1.807, 2.05) is 51.1 Å². The van der Waals surface area contributed by atoms with Gasteiger partial charge in [0.25, 0.3) is 10.0 Å². The smallest absolute Gasteiger partial charge is 0.264 e. The standard InChI is InChI=1S/C28H32FN3O4S/c1-20(2)30-28(34)22(4)31(18-23-8-6-5-7-9-23)27(33)19-32(25-14-10-21(3)11-15-25)37(35,36)26-16-12-24(29)13-17-26/h5-17,20,22H,18-19H2,1-4H3,(H,30,34). The van der Waals surface area contributed by atoms with Gasteiger partial charge < -0.3 is 10.2 Å². The van der Waals surface area contributed by atoms with Crippen LogP contribution >= 0.6 is 0 Å². The van der Waals surface area contributed by atoms with Crippen molar-refractivity contribution in [3.63, 3.8) is 0 Å². The van der Waals surface area contributed by atoms with Gasteiger partial charge in [-0.15, -0.1) is 0 Å². The molecule has 0 aliphatic carbocycles. The van der Waals surface area contributed by atoms with Crippen molar-refractivity contribution in [3.8, 4) is 0 Å². The van der Waals surface area contributed by atoms with Crippen LogP contribution in [0.15, 0.2) is 83.8 Å². The van der Waals surface area contributed by atoms with Crippen LogP contribution in [-0.4, -0.2) is 43.8 Å². The van der Waals surface area contributed by atoms with Gasteiger partial charge in [-0.05, 0) is 69.7 Å². The Labute approximate surface area is 218 Å². The molecule has 1 N–H and O–H groups in total. The molecule has 3 aromatic rings. The van der Waals surface area contributed by atoms with Gasteiger partial charge >= 0.3 is 0 Å². The fraction of sp³-hybridized carbons (Fsp3) is 0.286. The molecule has 2 amide bonds. The number of rotatable bonds is 10. The van der Waals surface area contributed by atoms with Crippen molar-refractivity contribution in [2.75, 3.05) is 10.8 Å². The third-order valence-corrected chi connectivity index (χ3v) is 7.58. The van der Waals surface area contributed by atoms with Crippen molar-refractivity contribution in [1.29, 1.82) is 0 Å². The fourth-order valence-corrected chi connectivity index (χ4v) is 5.16. The molecule has 0 saturated heterocycles. The first-order valence-electron chi connectivity index (χ1n) is 12.0. The summed E-state index contributed by atoms with van der Waals surface area (Å²) in [6.45, 7) is 6.69. The van der Waals surface area contributed by atoms with Crippen LogP contribution in [0.3, 0.4) is 0 Å². The van der Waals surface area contributed by atoms with E-state index in [0.717, 1.165) is 39.7 Å². The van der Waals surface area contributed by atoms with Gasteiger partial charge in [0.15, 0.2) is 0 Å². The summed E-state index contributed by atoms with van der Waals surface area (Å²) in [5.74, 6) is -1.47. The first kappa shape index (κ1) is 27.9. The third-order valence-electron chi connectivity index (χ3n) is 5.80. The van der Waals surface area contributed by atoms with Crippen molar-refractivity contribution >= 4 is 27.5 Å². The summed E-state index contributed by atoms with van der Waals surface area (Å²) in [6, 6.07) is 19.3. The average Bonchev–Trinajstić information content (AvgIpc) is 2.86. The lowest BCUT2D eigenvalue weighted by molar-refractivity contribution is -0.139. The van der Waals surface area contributed by atoms with Crippen LogP contribution in [0, 0.1) is 12.7 Å². The van der Waals surface area contributed by atoms with Gasteiger partial charge in [-0.1, -0.05) is 48.0 Å². The minimum absolute atomic E-state index is 0.116. The maximum Gasteiger partial charge on any atom is 0.264 e. The van der Waals surface area contributed by atoms with Crippen molar-refractivity contribution in [2.24, 2.45) is 0 Å². The molecule has 1 unspecified atom stereocenters. The predicted octanol–water partition coefficient (Wildman–Crippen LogP) is 4.27. The molecule has 0 spiro atoms. The van der Waals surface area contributed by atoms with Gasteiger partial charge in [0.2, 0.25) is 11.8 Å². The zero-order chi connectivity index (χ0) is 27.2. The SMILES string of the molecule is Cc1ccc(N(CC(=O)N(Cc2ccccc2)C(C)C(=O)NC(C)C)S(=O)(=O)c2ccc(F)cc2)cc1. The number of anilines is 1. The number of nitrogens with zero attached hydrogens (tertiary/aromatic N) is 2. The van der Waals surface area contributed by atoms with Crippen LogP contribution in [0.5, 0.6) is 0 Å². The van der Waals surface area contributed by atoms with E-state index in [-0.39, 0.29) is 29.1 Å². The first-order valence-corrected chi connectivity index (χ1v) is 13.4. The number of aryl methyl sites for hydroxylation is 1. The molecule has 0 aliphatic rings. The second kappa shape index (κ2) is 12.0. The average molecular weight is 526 g/mol. The van der Waals surface area contributed by atoms with Gasteiger partial charge in [0.05, 0.1) is 10.6 Å². The number of nitrogens with one attached hydrogen (secondary N) is 1. The molecule has 0 heterocycles. The van der Waals surface area contributed by atoms with E-state index < -0.39 is 34.3 Å². The van der Waals surface area contributed by atoms with Crippen LogP contribution in [0.25, 0.3) is 0 Å². The summed E-state index contributed by atoms with van der Waals surface area (Å²) in [5.41, 5.74) is 1.99. The molecule has 0 bridgehead atoms. The van der Waals surface area contributed by atoms with Crippen molar-refractivity contribution < 1.29 is 22.4 Å². The van der Waals surface area contributed by atoms with E-state index >= 15 is 0 Å². The molecule has 0 fully saturated rings. The molecule has 7 nitrogen and oxygen atoms in total. The Morgan fingerprint density at radius 1 is 0.892 bits per heavy atom.